The Morgan fingerprint density at radius 2 is 1.83 bits per heavy atom. The van der Waals surface area contributed by atoms with Crippen LogP contribution in [0.3, 0.4) is 0 Å². The summed E-state index contributed by atoms with van der Waals surface area (Å²) in [5.74, 6) is 0. The van der Waals surface area contributed by atoms with Gasteiger partial charge in [-0.25, -0.2) is 4.68 Å². The fourth-order valence-electron chi connectivity index (χ4n) is 2.62. The van der Waals surface area contributed by atoms with Crippen molar-refractivity contribution in [3.05, 3.63) is 38.8 Å². The van der Waals surface area contributed by atoms with E-state index < -0.39 is 0 Å². The molecule has 0 spiro atoms. The van der Waals surface area contributed by atoms with E-state index in [4.69, 9.17) is 23.8 Å². The summed E-state index contributed by atoms with van der Waals surface area (Å²) in [6, 6.07) is 8.11. The van der Waals surface area contributed by atoms with E-state index in [1.165, 1.54) is 16.9 Å². The number of aromatic nitrogens is 2. The van der Waals surface area contributed by atoms with Gasteiger partial charge >= 0.3 is 0 Å². The molecule has 0 bridgehead atoms. The van der Waals surface area contributed by atoms with Crippen LogP contribution in [-0.2, 0) is 13.2 Å². The number of anilines is 1. The van der Waals surface area contributed by atoms with Crippen LogP contribution in [0, 0.1) is 3.95 Å². The molecule has 0 unspecified atom stereocenters. The molecule has 5 nitrogen and oxygen atoms in total. The second-order valence-corrected chi connectivity index (χ2v) is 7.64. The second kappa shape index (κ2) is 7.72. The summed E-state index contributed by atoms with van der Waals surface area (Å²) in [6.07, 6.45) is 0. The topological polar surface area (TPSA) is 36.3 Å². The molecule has 1 N–H and O–H groups in total. The van der Waals surface area contributed by atoms with Gasteiger partial charge in [-0.1, -0.05) is 35.1 Å². The number of rotatable bonds is 5. The minimum absolute atomic E-state index is 0.770. The fraction of sp³-hybridized carbons (Fsp3) is 0.467. The lowest BCUT2D eigenvalue weighted by Gasteiger charge is -2.34. The molecule has 1 saturated heterocycles. The first kappa shape index (κ1) is 16.9. The average Bonchev–Trinajstić information content (AvgIpc) is 2.92. The third kappa shape index (κ3) is 4.51. The number of nitrogens with zero attached hydrogens (tertiary/aromatic N) is 4. The monoisotopic (exact) mass is 369 g/mol. The van der Waals surface area contributed by atoms with Gasteiger partial charge in [0.25, 0.3) is 0 Å². The van der Waals surface area contributed by atoms with Gasteiger partial charge in [-0.05, 0) is 29.9 Å². The molecule has 0 saturated carbocycles. The van der Waals surface area contributed by atoms with Gasteiger partial charge in [-0.3, -0.25) is 9.80 Å². The normalized spacial score (nSPS) is 16.6. The van der Waals surface area contributed by atoms with Crippen LogP contribution in [0.5, 0.6) is 0 Å². The fourth-order valence-corrected chi connectivity index (χ4v) is 3.70. The molecule has 1 aromatic carbocycles. The molecule has 0 radical (unpaired) electrons. The van der Waals surface area contributed by atoms with Crippen molar-refractivity contribution in [1.82, 2.24) is 19.6 Å². The van der Waals surface area contributed by atoms with Crippen molar-refractivity contribution in [2.45, 2.75) is 13.2 Å². The van der Waals surface area contributed by atoms with Gasteiger partial charge in [-0.15, -0.1) is 5.10 Å². The van der Waals surface area contributed by atoms with E-state index in [-0.39, 0.29) is 0 Å². The summed E-state index contributed by atoms with van der Waals surface area (Å²) in [4.78, 5) is 4.87. The highest BCUT2D eigenvalue weighted by Crippen LogP contribution is 2.15. The molecule has 3 rings (SSSR count). The number of halogens is 1. The van der Waals surface area contributed by atoms with E-state index in [1.807, 2.05) is 23.9 Å². The zero-order valence-corrected chi connectivity index (χ0v) is 15.4. The van der Waals surface area contributed by atoms with E-state index >= 15 is 0 Å². The third-order valence-electron chi connectivity index (χ3n) is 3.94. The van der Waals surface area contributed by atoms with Crippen LogP contribution < -0.4 is 5.32 Å². The highest BCUT2D eigenvalue weighted by atomic mass is 35.5. The van der Waals surface area contributed by atoms with Crippen molar-refractivity contribution in [2.24, 2.45) is 0 Å². The Hall–Kier alpha value is -0.990. The summed E-state index contributed by atoms with van der Waals surface area (Å²) in [5, 5.41) is 9.18. The van der Waals surface area contributed by atoms with Crippen molar-refractivity contribution < 1.29 is 0 Å². The van der Waals surface area contributed by atoms with Gasteiger partial charge in [0.05, 0.1) is 6.67 Å². The van der Waals surface area contributed by atoms with Crippen LogP contribution in [0.2, 0.25) is 5.02 Å². The van der Waals surface area contributed by atoms with Crippen LogP contribution in [0.1, 0.15) is 5.56 Å². The molecule has 8 heteroatoms. The summed E-state index contributed by atoms with van der Waals surface area (Å²) >= 11 is 12.8. The predicted molar refractivity (Wildman–Crippen MR) is 98.8 cm³/mol. The van der Waals surface area contributed by atoms with E-state index in [0.717, 1.165) is 53.5 Å². The molecule has 0 atom stereocenters. The van der Waals surface area contributed by atoms with Crippen molar-refractivity contribution in [3.63, 3.8) is 0 Å². The zero-order valence-electron chi connectivity index (χ0n) is 13.0. The molecule has 0 amide bonds. The maximum Gasteiger partial charge on any atom is 0.204 e. The van der Waals surface area contributed by atoms with E-state index in [2.05, 4.69) is 32.3 Å². The predicted octanol–water partition coefficient (Wildman–Crippen LogP) is 3.14. The van der Waals surface area contributed by atoms with Gasteiger partial charge < -0.3 is 5.32 Å². The molecular weight excluding hydrogens is 350 g/mol. The quantitative estimate of drug-likeness (QED) is 0.819. The van der Waals surface area contributed by atoms with Crippen molar-refractivity contribution in [3.8, 4) is 0 Å². The standard InChI is InChI=1S/C15H20ClN5S2/c1-17-14-18-21(15(22)23-14)11-20-8-6-19(7-9-20)10-12-2-4-13(16)5-3-12/h2-5H,6-11H2,1H3,(H,17,18). The largest absolute Gasteiger partial charge is 0.363 e. The Kier molecular flexibility index (Phi) is 5.66. The molecule has 2 aromatic rings. The molecule has 1 aromatic heterocycles. The Bertz CT molecular complexity index is 689. The van der Waals surface area contributed by atoms with Crippen molar-refractivity contribution in [1.29, 1.82) is 0 Å². The minimum Gasteiger partial charge on any atom is -0.363 e. The summed E-state index contributed by atoms with van der Waals surface area (Å²) in [6.45, 7) is 5.92. The Morgan fingerprint density at radius 3 is 2.43 bits per heavy atom. The van der Waals surface area contributed by atoms with Gasteiger partial charge in [0.2, 0.25) is 5.13 Å². The molecule has 1 aliphatic rings. The van der Waals surface area contributed by atoms with Gasteiger partial charge in [0.15, 0.2) is 3.95 Å². The van der Waals surface area contributed by atoms with Crippen molar-refractivity contribution in [2.75, 3.05) is 38.5 Å². The van der Waals surface area contributed by atoms with Crippen molar-refractivity contribution >= 4 is 40.3 Å². The zero-order chi connectivity index (χ0) is 16.2. The lowest BCUT2D eigenvalue weighted by molar-refractivity contribution is 0.0985. The van der Waals surface area contributed by atoms with Crippen LogP contribution in [0.25, 0.3) is 0 Å². The Morgan fingerprint density at radius 1 is 1.17 bits per heavy atom. The molecular formula is C15H20ClN5S2. The molecule has 2 heterocycles. The first-order valence-corrected chi connectivity index (χ1v) is 9.19. The van der Waals surface area contributed by atoms with Crippen LogP contribution in [0.15, 0.2) is 24.3 Å². The van der Waals surface area contributed by atoms with Gasteiger partial charge in [0.1, 0.15) is 0 Å². The summed E-state index contributed by atoms with van der Waals surface area (Å²) in [7, 11) is 1.87. The number of nitrogens with one attached hydrogen (secondary N) is 1. The average molecular weight is 370 g/mol. The van der Waals surface area contributed by atoms with Crippen LogP contribution in [-0.4, -0.2) is 52.8 Å². The highest BCUT2D eigenvalue weighted by molar-refractivity contribution is 7.73. The third-order valence-corrected chi connectivity index (χ3v) is 5.52. The molecule has 124 valence electrons. The van der Waals surface area contributed by atoms with Gasteiger partial charge in [0, 0.05) is 44.8 Å². The van der Waals surface area contributed by atoms with Crippen LogP contribution >= 0.6 is 35.2 Å². The first-order valence-electron chi connectivity index (χ1n) is 7.59. The number of piperazine rings is 1. The summed E-state index contributed by atoms with van der Waals surface area (Å²) < 4.78 is 2.72. The number of hydrogen-bond acceptors (Lipinski definition) is 6. The van der Waals surface area contributed by atoms with E-state index in [1.54, 1.807) is 0 Å². The second-order valence-electron chi connectivity index (χ2n) is 5.58. The lowest BCUT2D eigenvalue weighted by Crippen LogP contribution is -2.46. The lowest BCUT2D eigenvalue weighted by atomic mass is 10.2. The number of benzene rings is 1. The Labute approximate surface area is 150 Å². The highest BCUT2D eigenvalue weighted by Gasteiger charge is 2.18. The Balaban J connectivity index is 1.51. The maximum absolute atomic E-state index is 5.93. The van der Waals surface area contributed by atoms with E-state index in [9.17, 15) is 0 Å². The van der Waals surface area contributed by atoms with Gasteiger partial charge in [-0.2, -0.15) is 0 Å². The van der Waals surface area contributed by atoms with Crippen LogP contribution in [0.4, 0.5) is 5.13 Å². The molecule has 1 aliphatic heterocycles. The molecule has 1 fully saturated rings. The minimum atomic E-state index is 0.770. The van der Waals surface area contributed by atoms with E-state index in [0.29, 0.717) is 0 Å². The SMILES string of the molecule is CNc1nn(CN2CCN(Cc3ccc(Cl)cc3)CC2)c(=S)s1. The molecule has 0 aliphatic carbocycles. The smallest absolute Gasteiger partial charge is 0.204 e. The summed E-state index contributed by atoms with van der Waals surface area (Å²) in [5.41, 5.74) is 1.31. The number of hydrogen-bond donors (Lipinski definition) is 1. The maximum atomic E-state index is 5.93. The molecule has 23 heavy (non-hydrogen) atoms. The first-order chi connectivity index (χ1) is 11.1.